The summed E-state index contributed by atoms with van der Waals surface area (Å²) in [7, 11) is 0. The number of anilines is 1. The predicted octanol–water partition coefficient (Wildman–Crippen LogP) is 4.57. The topological polar surface area (TPSA) is 75.2 Å². The van der Waals surface area contributed by atoms with Gasteiger partial charge < -0.3 is 4.90 Å². The second kappa shape index (κ2) is 8.75. The van der Waals surface area contributed by atoms with E-state index in [0.717, 1.165) is 17.0 Å². The minimum Gasteiger partial charge on any atom is -0.327 e. The fourth-order valence-corrected chi connectivity index (χ4v) is 4.37. The first-order chi connectivity index (χ1) is 14.5. The summed E-state index contributed by atoms with van der Waals surface area (Å²) in [4.78, 5) is 27.3. The molecule has 4 rings (SSSR count). The molecular formula is C23H24N4O2S. The normalized spacial score (nSPS) is 16.1. The van der Waals surface area contributed by atoms with Crippen LogP contribution in [0, 0.1) is 0 Å². The lowest BCUT2D eigenvalue weighted by Gasteiger charge is -2.23. The van der Waals surface area contributed by atoms with Gasteiger partial charge >= 0.3 is 0 Å². The van der Waals surface area contributed by atoms with Gasteiger partial charge in [0.1, 0.15) is 11.0 Å². The van der Waals surface area contributed by atoms with Gasteiger partial charge in [-0.15, -0.1) is 10.2 Å². The standard InChI is InChI=1S/C23H24N4O2S/c1-15(2)16-10-12-17(13-11-16)21-25-26-23(30-21)24-20(28)19-9-6-14-27(19)22(29)18-7-4-3-5-8-18/h3-5,7-8,10-13,15,19H,6,9,14H2,1-2H3,(H,24,26,28). The fraction of sp³-hybridized carbons (Fsp3) is 0.304. The summed E-state index contributed by atoms with van der Waals surface area (Å²) in [6.07, 6.45) is 1.45. The Morgan fingerprint density at radius 2 is 1.80 bits per heavy atom. The summed E-state index contributed by atoms with van der Waals surface area (Å²) in [5.74, 6) is 0.141. The van der Waals surface area contributed by atoms with Gasteiger partial charge in [0.05, 0.1) is 0 Å². The van der Waals surface area contributed by atoms with E-state index >= 15 is 0 Å². The van der Waals surface area contributed by atoms with E-state index in [-0.39, 0.29) is 11.8 Å². The third-order valence-electron chi connectivity index (χ3n) is 5.32. The number of nitrogens with zero attached hydrogens (tertiary/aromatic N) is 3. The second-order valence-electron chi connectivity index (χ2n) is 7.70. The lowest BCUT2D eigenvalue weighted by Crippen LogP contribution is -2.43. The molecule has 0 bridgehead atoms. The van der Waals surface area contributed by atoms with E-state index < -0.39 is 6.04 Å². The monoisotopic (exact) mass is 420 g/mol. The Kier molecular flexibility index (Phi) is 5.90. The van der Waals surface area contributed by atoms with Gasteiger partial charge in [0.2, 0.25) is 11.0 Å². The SMILES string of the molecule is CC(C)c1ccc(-c2nnc(NC(=O)C3CCCN3C(=O)c3ccccc3)s2)cc1. The highest BCUT2D eigenvalue weighted by molar-refractivity contribution is 7.18. The quantitative estimate of drug-likeness (QED) is 0.656. The molecule has 0 aliphatic carbocycles. The van der Waals surface area contributed by atoms with Crippen LogP contribution in [0.2, 0.25) is 0 Å². The number of rotatable bonds is 5. The Hall–Kier alpha value is -3.06. The van der Waals surface area contributed by atoms with Crippen LogP contribution in [0.25, 0.3) is 10.6 Å². The maximum atomic E-state index is 12.9. The van der Waals surface area contributed by atoms with Crippen molar-refractivity contribution in [2.75, 3.05) is 11.9 Å². The van der Waals surface area contributed by atoms with Gasteiger partial charge in [-0.2, -0.15) is 0 Å². The number of hydrogen-bond acceptors (Lipinski definition) is 5. The number of hydrogen-bond donors (Lipinski definition) is 1. The average molecular weight is 421 g/mol. The van der Waals surface area contributed by atoms with Gasteiger partial charge in [0, 0.05) is 17.7 Å². The van der Waals surface area contributed by atoms with Gasteiger partial charge in [0.25, 0.3) is 5.91 Å². The van der Waals surface area contributed by atoms with Crippen LogP contribution in [-0.2, 0) is 4.79 Å². The summed E-state index contributed by atoms with van der Waals surface area (Å²) >= 11 is 1.34. The fourth-order valence-electron chi connectivity index (χ4n) is 3.62. The molecule has 1 aromatic heterocycles. The van der Waals surface area contributed by atoms with Crippen molar-refractivity contribution in [1.29, 1.82) is 0 Å². The van der Waals surface area contributed by atoms with E-state index in [9.17, 15) is 9.59 Å². The van der Waals surface area contributed by atoms with Crippen molar-refractivity contribution in [2.45, 2.75) is 38.6 Å². The summed E-state index contributed by atoms with van der Waals surface area (Å²) < 4.78 is 0. The number of nitrogens with one attached hydrogen (secondary N) is 1. The third-order valence-corrected chi connectivity index (χ3v) is 6.20. The Morgan fingerprint density at radius 3 is 2.50 bits per heavy atom. The number of aromatic nitrogens is 2. The van der Waals surface area contributed by atoms with E-state index in [0.29, 0.717) is 29.6 Å². The molecule has 2 amide bonds. The zero-order valence-corrected chi connectivity index (χ0v) is 17.9. The van der Waals surface area contributed by atoms with Crippen LogP contribution in [0.5, 0.6) is 0 Å². The van der Waals surface area contributed by atoms with E-state index in [2.05, 4.69) is 41.5 Å². The maximum Gasteiger partial charge on any atom is 0.254 e. The number of amides is 2. The van der Waals surface area contributed by atoms with Crippen LogP contribution in [0.4, 0.5) is 5.13 Å². The molecule has 1 aliphatic rings. The van der Waals surface area contributed by atoms with Crippen molar-refractivity contribution in [3.05, 3.63) is 65.7 Å². The molecule has 1 aliphatic heterocycles. The predicted molar refractivity (Wildman–Crippen MR) is 119 cm³/mol. The molecule has 1 N–H and O–H groups in total. The molecule has 1 unspecified atom stereocenters. The molecule has 1 saturated heterocycles. The van der Waals surface area contributed by atoms with Gasteiger partial charge in [-0.25, -0.2) is 0 Å². The molecule has 0 saturated carbocycles. The molecule has 2 heterocycles. The van der Waals surface area contributed by atoms with Crippen LogP contribution < -0.4 is 5.32 Å². The van der Waals surface area contributed by atoms with E-state index in [1.165, 1.54) is 16.9 Å². The summed E-state index contributed by atoms with van der Waals surface area (Å²) in [6.45, 7) is 4.89. The highest BCUT2D eigenvalue weighted by Gasteiger charge is 2.34. The Balaban J connectivity index is 1.44. The van der Waals surface area contributed by atoms with E-state index in [1.807, 2.05) is 30.3 Å². The highest BCUT2D eigenvalue weighted by Crippen LogP contribution is 2.29. The van der Waals surface area contributed by atoms with Crippen molar-refractivity contribution in [2.24, 2.45) is 0 Å². The van der Waals surface area contributed by atoms with Crippen LogP contribution in [0.15, 0.2) is 54.6 Å². The summed E-state index contributed by atoms with van der Waals surface area (Å²) in [5.41, 5.74) is 2.83. The van der Waals surface area contributed by atoms with Crippen molar-refractivity contribution < 1.29 is 9.59 Å². The molecule has 6 nitrogen and oxygen atoms in total. The molecule has 1 atom stereocenters. The van der Waals surface area contributed by atoms with E-state index in [4.69, 9.17) is 0 Å². The van der Waals surface area contributed by atoms with Crippen molar-refractivity contribution in [3.8, 4) is 10.6 Å². The van der Waals surface area contributed by atoms with Crippen LogP contribution >= 0.6 is 11.3 Å². The number of carbonyl (C=O) groups excluding carboxylic acids is 2. The minimum absolute atomic E-state index is 0.114. The van der Waals surface area contributed by atoms with Crippen LogP contribution in [0.1, 0.15) is 48.5 Å². The molecule has 7 heteroatoms. The highest BCUT2D eigenvalue weighted by atomic mass is 32.1. The summed E-state index contributed by atoms with van der Waals surface area (Å²) in [6, 6.07) is 16.8. The van der Waals surface area contributed by atoms with Gasteiger partial charge in [0.15, 0.2) is 0 Å². The first-order valence-electron chi connectivity index (χ1n) is 10.1. The molecule has 3 aromatic rings. The first kappa shape index (κ1) is 20.2. The van der Waals surface area contributed by atoms with Crippen molar-refractivity contribution in [3.63, 3.8) is 0 Å². The number of likely N-dealkylation sites (tertiary alicyclic amines) is 1. The smallest absolute Gasteiger partial charge is 0.254 e. The summed E-state index contributed by atoms with van der Waals surface area (Å²) in [5, 5.41) is 12.4. The largest absolute Gasteiger partial charge is 0.327 e. The lowest BCUT2D eigenvalue weighted by atomic mass is 10.0. The van der Waals surface area contributed by atoms with Crippen LogP contribution in [-0.4, -0.2) is 39.5 Å². The average Bonchev–Trinajstić information content (AvgIpc) is 3.44. The van der Waals surface area contributed by atoms with Gasteiger partial charge in [-0.3, -0.25) is 14.9 Å². The lowest BCUT2D eigenvalue weighted by molar-refractivity contribution is -0.119. The number of carbonyl (C=O) groups is 2. The zero-order valence-electron chi connectivity index (χ0n) is 17.0. The Labute approximate surface area is 180 Å². The Bertz CT molecular complexity index is 1030. The zero-order chi connectivity index (χ0) is 21.1. The van der Waals surface area contributed by atoms with Crippen molar-refractivity contribution >= 4 is 28.3 Å². The maximum absolute atomic E-state index is 12.9. The van der Waals surface area contributed by atoms with Crippen LogP contribution in [0.3, 0.4) is 0 Å². The molecule has 154 valence electrons. The first-order valence-corrected chi connectivity index (χ1v) is 11.0. The molecular weight excluding hydrogens is 396 g/mol. The molecule has 2 aromatic carbocycles. The Morgan fingerprint density at radius 1 is 1.07 bits per heavy atom. The molecule has 30 heavy (non-hydrogen) atoms. The second-order valence-corrected chi connectivity index (χ2v) is 8.68. The minimum atomic E-state index is -0.490. The molecule has 1 fully saturated rings. The molecule has 0 radical (unpaired) electrons. The third kappa shape index (κ3) is 4.26. The van der Waals surface area contributed by atoms with E-state index in [1.54, 1.807) is 17.0 Å². The number of benzene rings is 2. The molecule has 0 spiro atoms. The van der Waals surface area contributed by atoms with Crippen molar-refractivity contribution in [1.82, 2.24) is 15.1 Å². The van der Waals surface area contributed by atoms with Gasteiger partial charge in [-0.05, 0) is 36.5 Å². The van der Waals surface area contributed by atoms with Gasteiger partial charge in [-0.1, -0.05) is 67.6 Å².